The highest BCUT2D eigenvalue weighted by Crippen LogP contribution is 2.39. The lowest BCUT2D eigenvalue weighted by Gasteiger charge is -2.39. The molecule has 0 spiro atoms. The monoisotopic (exact) mass is 447 g/mol. The van der Waals surface area contributed by atoms with Gasteiger partial charge in [-0.1, -0.05) is 0 Å². The summed E-state index contributed by atoms with van der Waals surface area (Å²) in [5, 5.41) is 7.91. The summed E-state index contributed by atoms with van der Waals surface area (Å²) in [5.74, 6) is 2.16. The van der Waals surface area contributed by atoms with Crippen LogP contribution in [-0.2, 0) is 0 Å². The number of halogens is 2. The Balaban J connectivity index is 1.41. The van der Waals surface area contributed by atoms with Crippen LogP contribution in [0.25, 0.3) is 10.9 Å². The lowest BCUT2D eigenvalue weighted by atomic mass is 9.97. The molecular weight excluding hydrogens is 416 g/mol. The highest BCUT2D eigenvalue weighted by molar-refractivity contribution is 5.96. The van der Waals surface area contributed by atoms with E-state index in [0.29, 0.717) is 11.8 Å². The molecule has 0 amide bonds. The second kappa shape index (κ2) is 8.92. The van der Waals surface area contributed by atoms with Crippen molar-refractivity contribution in [1.29, 1.82) is 0 Å². The average molecular weight is 448 g/mol. The molecule has 3 fully saturated rings. The number of hydrogen-bond donors (Lipinski definition) is 4. The van der Waals surface area contributed by atoms with Gasteiger partial charge >= 0.3 is 0 Å². The second-order valence-electron chi connectivity index (χ2n) is 9.17. The molecule has 3 saturated heterocycles. The zero-order valence-electron chi connectivity index (χ0n) is 18.4. The number of ether oxygens (including phenoxy) is 1. The van der Waals surface area contributed by atoms with Crippen LogP contribution in [0.4, 0.5) is 20.4 Å². The van der Waals surface area contributed by atoms with E-state index in [2.05, 4.69) is 33.4 Å². The number of nitrogens with one attached hydrogen (secondary N) is 4. The number of fused-ring (bicyclic) bond motifs is 3. The lowest BCUT2D eigenvalue weighted by Crippen LogP contribution is -2.48. The number of hydrazine groups is 1. The Morgan fingerprint density at radius 1 is 1.19 bits per heavy atom. The Bertz CT molecular complexity index is 947. The topological polar surface area (TPSA) is 86.4 Å². The van der Waals surface area contributed by atoms with E-state index in [4.69, 9.17) is 9.72 Å². The van der Waals surface area contributed by atoms with Gasteiger partial charge in [0.2, 0.25) is 0 Å². The quantitative estimate of drug-likeness (QED) is 0.516. The first-order chi connectivity index (χ1) is 15.5. The smallest absolute Gasteiger partial charge is 0.251 e. The van der Waals surface area contributed by atoms with Crippen LogP contribution in [0.1, 0.15) is 39.0 Å². The zero-order valence-corrected chi connectivity index (χ0v) is 18.4. The Morgan fingerprint density at radius 3 is 2.62 bits per heavy atom. The van der Waals surface area contributed by atoms with Crippen LogP contribution in [0, 0.1) is 0 Å². The van der Waals surface area contributed by atoms with Crippen molar-refractivity contribution in [2.45, 2.75) is 75.8 Å². The van der Waals surface area contributed by atoms with E-state index < -0.39 is 6.43 Å². The number of piperidine rings is 1. The summed E-state index contributed by atoms with van der Waals surface area (Å²) in [6.07, 6.45) is 4.07. The highest BCUT2D eigenvalue weighted by atomic mass is 19.3. The van der Waals surface area contributed by atoms with Crippen molar-refractivity contribution in [2.75, 3.05) is 24.3 Å². The minimum Gasteiger partial charge on any atom is -0.496 e. The molecule has 4 N–H and O–H groups in total. The van der Waals surface area contributed by atoms with Gasteiger partial charge in [0.1, 0.15) is 17.4 Å². The van der Waals surface area contributed by atoms with Crippen LogP contribution >= 0.6 is 0 Å². The van der Waals surface area contributed by atoms with Crippen molar-refractivity contribution in [3.63, 3.8) is 0 Å². The molecule has 3 aliphatic heterocycles. The van der Waals surface area contributed by atoms with Gasteiger partial charge in [-0.3, -0.25) is 15.3 Å². The molecule has 2 aromatic heterocycles. The van der Waals surface area contributed by atoms with Crippen molar-refractivity contribution in [2.24, 2.45) is 0 Å². The van der Waals surface area contributed by atoms with Crippen LogP contribution in [0.3, 0.4) is 0 Å². The van der Waals surface area contributed by atoms with Crippen molar-refractivity contribution in [1.82, 2.24) is 25.7 Å². The second-order valence-corrected chi connectivity index (χ2v) is 9.17. The minimum absolute atomic E-state index is 0.0711. The van der Waals surface area contributed by atoms with Crippen LogP contribution < -0.4 is 26.2 Å². The van der Waals surface area contributed by atoms with Crippen LogP contribution in [0.2, 0.25) is 0 Å². The van der Waals surface area contributed by atoms with Gasteiger partial charge in [-0.25, -0.2) is 19.2 Å². The van der Waals surface area contributed by atoms with Crippen LogP contribution in [0.15, 0.2) is 18.3 Å². The first-order valence-corrected chi connectivity index (χ1v) is 11.4. The van der Waals surface area contributed by atoms with Crippen LogP contribution in [-0.4, -0.2) is 65.3 Å². The summed E-state index contributed by atoms with van der Waals surface area (Å²) in [6, 6.07) is 4.71. The van der Waals surface area contributed by atoms with Gasteiger partial charge < -0.3 is 15.4 Å². The third kappa shape index (κ3) is 4.31. The Morgan fingerprint density at radius 2 is 1.97 bits per heavy atom. The van der Waals surface area contributed by atoms with Gasteiger partial charge in [-0.05, 0) is 45.1 Å². The maximum atomic E-state index is 13.0. The number of methoxy groups -OCH3 is 1. The molecule has 0 aliphatic carbocycles. The first-order valence-electron chi connectivity index (χ1n) is 11.4. The molecule has 10 heteroatoms. The van der Waals surface area contributed by atoms with E-state index in [0.717, 1.165) is 54.6 Å². The predicted molar refractivity (Wildman–Crippen MR) is 120 cm³/mol. The Labute approximate surface area is 186 Å². The lowest BCUT2D eigenvalue weighted by molar-refractivity contribution is 0.0418. The number of aromatic nitrogens is 2. The van der Waals surface area contributed by atoms with Gasteiger partial charge in [-0.15, -0.1) is 0 Å². The Kier molecular flexibility index (Phi) is 6.00. The van der Waals surface area contributed by atoms with Crippen molar-refractivity contribution in [3.05, 3.63) is 18.3 Å². The predicted octanol–water partition coefficient (Wildman–Crippen LogP) is 2.94. The van der Waals surface area contributed by atoms with E-state index in [1.54, 1.807) is 13.3 Å². The largest absolute Gasteiger partial charge is 0.496 e. The van der Waals surface area contributed by atoms with E-state index in [-0.39, 0.29) is 30.8 Å². The third-order valence-corrected chi connectivity index (χ3v) is 6.89. The van der Waals surface area contributed by atoms with Crippen molar-refractivity contribution >= 4 is 22.5 Å². The van der Waals surface area contributed by atoms with Gasteiger partial charge in [0.25, 0.3) is 6.43 Å². The molecule has 5 atom stereocenters. The number of pyridine rings is 2. The van der Waals surface area contributed by atoms with Crippen molar-refractivity contribution < 1.29 is 13.5 Å². The summed E-state index contributed by atoms with van der Waals surface area (Å²) in [5.41, 5.74) is 7.24. The molecule has 0 aromatic carbocycles. The van der Waals surface area contributed by atoms with Gasteiger partial charge in [0.05, 0.1) is 30.7 Å². The minimum atomic E-state index is -2.28. The van der Waals surface area contributed by atoms with Gasteiger partial charge in [-0.2, -0.15) is 0 Å². The summed E-state index contributed by atoms with van der Waals surface area (Å²) >= 11 is 0. The molecule has 0 radical (unpaired) electrons. The summed E-state index contributed by atoms with van der Waals surface area (Å²) in [6.45, 7) is 2.00. The molecule has 3 aliphatic rings. The van der Waals surface area contributed by atoms with E-state index in [9.17, 15) is 8.78 Å². The number of rotatable bonds is 7. The third-order valence-electron chi connectivity index (χ3n) is 6.89. The molecule has 32 heavy (non-hydrogen) atoms. The first kappa shape index (κ1) is 21.5. The molecule has 2 aromatic rings. The van der Waals surface area contributed by atoms with Crippen molar-refractivity contribution in [3.8, 4) is 5.75 Å². The SMILES string of the molecule is COc1ccnc2cc(NC3CC(C)NN3)nc(NC3C[C@H]4CC[C@@H](C3)N4CC(F)F)c12. The highest BCUT2D eigenvalue weighted by Gasteiger charge is 2.41. The van der Waals surface area contributed by atoms with E-state index in [1.165, 1.54) is 0 Å². The Hall–Kier alpha value is -2.30. The molecule has 0 saturated carbocycles. The summed E-state index contributed by atoms with van der Waals surface area (Å²) in [7, 11) is 1.64. The fraction of sp³-hybridized carbons (Fsp3) is 0.636. The molecule has 3 unspecified atom stereocenters. The fourth-order valence-corrected chi connectivity index (χ4v) is 5.52. The number of hydrogen-bond acceptors (Lipinski definition) is 8. The normalized spacial score (nSPS) is 30.2. The molecule has 8 nitrogen and oxygen atoms in total. The number of alkyl halides is 2. The number of nitrogens with zero attached hydrogens (tertiary/aromatic N) is 3. The molecule has 174 valence electrons. The molecule has 5 rings (SSSR count). The van der Waals surface area contributed by atoms with Crippen LogP contribution in [0.5, 0.6) is 5.75 Å². The number of anilines is 2. The van der Waals surface area contributed by atoms with Gasteiger partial charge in [0, 0.05) is 36.4 Å². The maximum Gasteiger partial charge on any atom is 0.251 e. The van der Waals surface area contributed by atoms with Gasteiger partial charge in [0.15, 0.2) is 0 Å². The maximum absolute atomic E-state index is 13.0. The zero-order chi connectivity index (χ0) is 22.2. The average Bonchev–Trinajstić information content (AvgIpc) is 3.25. The molecule has 2 bridgehead atoms. The summed E-state index contributed by atoms with van der Waals surface area (Å²) < 4.78 is 31.7. The standard InChI is InChI=1S/C22H31F2N7O/c1-12-7-20(30-29-12)27-19-10-16-21(17(32-2)5-6-25-16)22(28-19)26-13-8-14-3-4-15(9-13)31(14)11-18(23)24/h5-6,10,12-15,18,20,29-30H,3-4,7-9,11H2,1-2H3,(H2,26,27,28)/t12?,13?,14-,15+,20?. The van der Waals surface area contributed by atoms with E-state index in [1.807, 2.05) is 17.0 Å². The molecule has 5 heterocycles. The molecular formula is C22H31F2N7O. The van der Waals surface area contributed by atoms with E-state index >= 15 is 0 Å². The fourth-order valence-electron chi connectivity index (χ4n) is 5.52. The summed E-state index contributed by atoms with van der Waals surface area (Å²) in [4.78, 5) is 11.4.